The lowest BCUT2D eigenvalue weighted by molar-refractivity contribution is 0.103. The molecule has 2 aromatic rings. The Labute approximate surface area is 197 Å². The molecule has 32 heavy (non-hydrogen) atoms. The molecule has 1 saturated heterocycles. The fourth-order valence-corrected chi connectivity index (χ4v) is 5.67. The first-order valence-electron chi connectivity index (χ1n) is 11.8. The summed E-state index contributed by atoms with van der Waals surface area (Å²) in [4.78, 5) is 2.63. The molecular weight excluding hydrogens is 418 g/mol. The Morgan fingerprint density at radius 1 is 1.03 bits per heavy atom. The van der Waals surface area contributed by atoms with E-state index >= 15 is 0 Å². The van der Waals surface area contributed by atoms with Gasteiger partial charge in [-0.3, -0.25) is 5.01 Å². The summed E-state index contributed by atoms with van der Waals surface area (Å²) in [5.41, 5.74) is 4.06. The molecule has 5 nitrogen and oxygen atoms in total. The lowest BCUT2D eigenvalue weighted by Gasteiger charge is -2.44. The second kappa shape index (κ2) is 11.9. The van der Waals surface area contributed by atoms with Gasteiger partial charge in [0.2, 0.25) is 0 Å². The maximum absolute atomic E-state index is 5.85. The molecule has 0 amide bonds. The molecule has 174 valence electrons. The lowest BCUT2D eigenvalue weighted by atomic mass is 10.0. The standard InChI is InChI=1S/C26H37N3O2S/c1-27(29-21-32-20-23-7-3-4-8-26(23)29)24-13-16-28(17-14-24)15-5-6-18-31-19-22-9-11-25(30-2)12-10-22/h3-4,7-12,24H,5-6,13-21H2,1-2H3. The Morgan fingerprint density at radius 3 is 2.59 bits per heavy atom. The van der Waals surface area contributed by atoms with Crippen LogP contribution >= 0.6 is 11.8 Å². The van der Waals surface area contributed by atoms with Crippen LogP contribution in [0.15, 0.2) is 48.5 Å². The molecule has 0 atom stereocenters. The van der Waals surface area contributed by atoms with E-state index in [2.05, 4.69) is 58.4 Å². The third-order valence-corrected chi connectivity index (χ3v) is 7.59. The van der Waals surface area contributed by atoms with E-state index in [0.717, 1.165) is 30.4 Å². The van der Waals surface area contributed by atoms with Crippen LogP contribution in [0.2, 0.25) is 0 Å². The van der Waals surface area contributed by atoms with Crippen LogP contribution in [0, 0.1) is 0 Å². The number of rotatable bonds is 10. The highest BCUT2D eigenvalue weighted by molar-refractivity contribution is 7.98. The number of hydrazine groups is 1. The molecule has 0 unspecified atom stereocenters. The third-order valence-electron chi connectivity index (χ3n) is 6.65. The van der Waals surface area contributed by atoms with Gasteiger partial charge < -0.3 is 14.4 Å². The second-order valence-corrected chi connectivity index (χ2v) is 9.72. The molecule has 2 aliphatic heterocycles. The predicted molar refractivity (Wildman–Crippen MR) is 134 cm³/mol. The average Bonchev–Trinajstić information content (AvgIpc) is 2.86. The first-order chi connectivity index (χ1) is 15.7. The number of piperidine rings is 1. The van der Waals surface area contributed by atoms with Crippen LogP contribution in [-0.4, -0.2) is 62.2 Å². The first kappa shape index (κ1) is 23.4. The number of anilines is 1. The number of unbranched alkanes of at least 4 members (excludes halogenated alkanes) is 1. The summed E-state index contributed by atoms with van der Waals surface area (Å²) in [6.07, 6.45) is 4.82. The van der Waals surface area contributed by atoms with Crippen molar-refractivity contribution in [2.45, 2.75) is 44.1 Å². The minimum atomic E-state index is 0.630. The van der Waals surface area contributed by atoms with Gasteiger partial charge in [0.15, 0.2) is 0 Å². The van der Waals surface area contributed by atoms with E-state index in [-0.39, 0.29) is 0 Å². The lowest BCUT2D eigenvalue weighted by Crippen LogP contribution is -2.51. The molecule has 0 saturated carbocycles. The van der Waals surface area contributed by atoms with Gasteiger partial charge >= 0.3 is 0 Å². The number of fused-ring (bicyclic) bond motifs is 1. The highest BCUT2D eigenvalue weighted by Crippen LogP contribution is 2.33. The molecule has 0 bridgehead atoms. The second-order valence-electron chi connectivity index (χ2n) is 8.76. The van der Waals surface area contributed by atoms with Gasteiger partial charge in [0.05, 0.1) is 25.3 Å². The van der Waals surface area contributed by atoms with Gasteiger partial charge in [0.25, 0.3) is 0 Å². The van der Waals surface area contributed by atoms with Gasteiger partial charge in [-0.15, -0.1) is 11.8 Å². The number of nitrogens with zero attached hydrogens (tertiary/aromatic N) is 3. The molecule has 0 spiro atoms. The number of ether oxygens (including phenoxy) is 2. The molecule has 2 aromatic carbocycles. The van der Waals surface area contributed by atoms with Crippen molar-refractivity contribution in [2.24, 2.45) is 0 Å². The van der Waals surface area contributed by atoms with Gasteiger partial charge in [-0.05, 0) is 74.6 Å². The van der Waals surface area contributed by atoms with Crippen molar-refractivity contribution >= 4 is 17.4 Å². The van der Waals surface area contributed by atoms with Crippen molar-refractivity contribution in [3.63, 3.8) is 0 Å². The van der Waals surface area contributed by atoms with Gasteiger partial charge in [-0.25, -0.2) is 5.01 Å². The Hall–Kier alpha value is -1.73. The number of likely N-dealkylation sites (tertiary alicyclic amines) is 1. The quantitative estimate of drug-likeness (QED) is 0.468. The number of benzene rings is 2. The van der Waals surface area contributed by atoms with Crippen molar-refractivity contribution in [2.75, 3.05) is 51.3 Å². The Morgan fingerprint density at radius 2 is 1.81 bits per heavy atom. The summed E-state index contributed by atoms with van der Waals surface area (Å²) in [5, 5.41) is 5.00. The van der Waals surface area contributed by atoms with Crippen LogP contribution in [0.4, 0.5) is 5.69 Å². The molecule has 6 heteroatoms. The number of para-hydroxylation sites is 1. The fourth-order valence-electron chi connectivity index (χ4n) is 4.62. The topological polar surface area (TPSA) is 28.2 Å². The minimum Gasteiger partial charge on any atom is -0.497 e. The first-order valence-corrected chi connectivity index (χ1v) is 13.0. The van der Waals surface area contributed by atoms with Crippen LogP contribution in [0.5, 0.6) is 5.75 Å². The summed E-state index contributed by atoms with van der Waals surface area (Å²) in [6.45, 7) is 5.09. The van der Waals surface area contributed by atoms with E-state index in [9.17, 15) is 0 Å². The van der Waals surface area contributed by atoms with Crippen molar-refractivity contribution in [3.8, 4) is 5.75 Å². The van der Waals surface area contributed by atoms with Crippen molar-refractivity contribution in [3.05, 3.63) is 59.7 Å². The van der Waals surface area contributed by atoms with Crippen LogP contribution in [0.3, 0.4) is 0 Å². The molecule has 0 aliphatic carbocycles. The van der Waals surface area contributed by atoms with E-state index < -0.39 is 0 Å². The van der Waals surface area contributed by atoms with E-state index in [1.54, 1.807) is 7.11 Å². The van der Waals surface area contributed by atoms with Gasteiger partial charge in [0.1, 0.15) is 5.75 Å². The zero-order chi connectivity index (χ0) is 22.2. The monoisotopic (exact) mass is 455 g/mol. The molecule has 1 fully saturated rings. The van der Waals surface area contributed by atoms with E-state index in [1.165, 1.54) is 55.7 Å². The summed E-state index contributed by atoms with van der Waals surface area (Å²) in [6, 6.07) is 17.6. The summed E-state index contributed by atoms with van der Waals surface area (Å²) < 4.78 is 11.1. The molecule has 0 aromatic heterocycles. The molecule has 4 rings (SSSR count). The SMILES string of the molecule is COc1ccc(COCCCCN2CCC(N(C)N3CSCc4ccccc43)CC2)cc1. The van der Waals surface area contributed by atoms with Gasteiger partial charge in [0, 0.05) is 25.4 Å². The number of hydrogen-bond donors (Lipinski definition) is 0. The smallest absolute Gasteiger partial charge is 0.118 e. The summed E-state index contributed by atoms with van der Waals surface area (Å²) in [7, 11) is 3.97. The van der Waals surface area contributed by atoms with E-state index in [0.29, 0.717) is 12.6 Å². The van der Waals surface area contributed by atoms with E-state index in [1.807, 2.05) is 23.9 Å². The summed E-state index contributed by atoms with van der Waals surface area (Å²) >= 11 is 2.01. The van der Waals surface area contributed by atoms with Crippen LogP contribution in [-0.2, 0) is 17.1 Å². The largest absolute Gasteiger partial charge is 0.497 e. The van der Waals surface area contributed by atoms with Gasteiger partial charge in [-0.2, -0.15) is 0 Å². The molecule has 0 N–H and O–H groups in total. The summed E-state index contributed by atoms with van der Waals surface area (Å²) in [5.74, 6) is 3.08. The van der Waals surface area contributed by atoms with Crippen LogP contribution < -0.4 is 9.75 Å². The average molecular weight is 456 g/mol. The minimum absolute atomic E-state index is 0.630. The fraction of sp³-hybridized carbons (Fsp3) is 0.538. The normalized spacial score (nSPS) is 17.5. The molecule has 2 aliphatic rings. The predicted octanol–water partition coefficient (Wildman–Crippen LogP) is 5.01. The molecule has 0 radical (unpaired) electrons. The highest BCUT2D eigenvalue weighted by atomic mass is 32.2. The maximum Gasteiger partial charge on any atom is 0.118 e. The van der Waals surface area contributed by atoms with E-state index in [4.69, 9.17) is 9.47 Å². The number of thioether (sulfide) groups is 1. The highest BCUT2D eigenvalue weighted by Gasteiger charge is 2.28. The van der Waals surface area contributed by atoms with Crippen LogP contribution in [0.25, 0.3) is 0 Å². The van der Waals surface area contributed by atoms with Crippen molar-refractivity contribution in [1.82, 2.24) is 9.91 Å². The number of hydrogen-bond acceptors (Lipinski definition) is 6. The van der Waals surface area contributed by atoms with Gasteiger partial charge in [-0.1, -0.05) is 30.3 Å². The Kier molecular flexibility index (Phi) is 8.74. The zero-order valence-electron chi connectivity index (χ0n) is 19.5. The maximum atomic E-state index is 5.85. The Balaban J connectivity index is 1.11. The number of methoxy groups -OCH3 is 1. The van der Waals surface area contributed by atoms with Crippen molar-refractivity contribution in [1.29, 1.82) is 0 Å². The van der Waals surface area contributed by atoms with Crippen molar-refractivity contribution < 1.29 is 9.47 Å². The zero-order valence-corrected chi connectivity index (χ0v) is 20.4. The third kappa shape index (κ3) is 6.19. The molecular formula is C26H37N3O2S. The Bertz CT molecular complexity index is 824. The van der Waals surface area contributed by atoms with Crippen LogP contribution in [0.1, 0.15) is 36.8 Å². The molecule has 2 heterocycles.